The molecule has 19 heavy (non-hydrogen) atoms. The number of piperidine rings is 1. The Kier molecular flexibility index (Phi) is 6.71. The fraction of sp³-hybridized carbons (Fsp3) is 0.667. The van der Waals surface area contributed by atoms with Crippen LogP contribution in [0.15, 0.2) is 5.38 Å². The molecule has 0 saturated carbocycles. The number of anilines is 1. The molecule has 5 nitrogen and oxygen atoms in total. The number of thiazole rings is 1. The van der Waals surface area contributed by atoms with Crippen LogP contribution in [-0.4, -0.2) is 48.5 Å². The average Bonchev–Trinajstić information content (AvgIpc) is 2.75. The van der Waals surface area contributed by atoms with Crippen molar-refractivity contribution in [1.82, 2.24) is 15.2 Å². The summed E-state index contributed by atoms with van der Waals surface area (Å²) in [5, 5.41) is 8.80. The molecule has 0 atom stereocenters. The summed E-state index contributed by atoms with van der Waals surface area (Å²) in [4.78, 5) is 18.2. The van der Waals surface area contributed by atoms with E-state index in [4.69, 9.17) is 0 Å². The van der Waals surface area contributed by atoms with Gasteiger partial charge in [-0.25, -0.2) is 4.98 Å². The smallest absolute Gasteiger partial charge is 0.240 e. The van der Waals surface area contributed by atoms with Gasteiger partial charge in [-0.15, -0.1) is 23.7 Å². The number of nitrogens with one attached hydrogen (secondary N) is 2. The van der Waals surface area contributed by atoms with Gasteiger partial charge in [-0.3, -0.25) is 9.69 Å². The Bertz CT molecular complexity index is 406. The molecule has 0 aliphatic carbocycles. The van der Waals surface area contributed by atoms with Crippen LogP contribution < -0.4 is 10.6 Å². The van der Waals surface area contributed by atoms with Gasteiger partial charge in [0.15, 0.2) is 5.13 Å². The van der Waals surface area contributed by atoms with Gasteiger partial charge in [0.05, 0.1) is 12.2 Å². The van der Waals surface area contributed by atoms with Gasteiger partial charge < -0.3 is 10.6 Å². The number of aromatic nitrogens is 1. The van der Waals surface area contributed by atoms with Crippen molar-refractivity contribution in [2.24, 2.45) is 0 Å². The van der Waals surface area contributed by atoms with E-state index in [0.717, 1.165) is 31.6 Å². The monoisotopic (exact) mass is 304 g/mol. The SMILES string of the molecule is Cc1csc(NC(=O)CN(C)C2CCNCC2)n1.Cl. The minimum Gasteiger partial charge on any atom is -0.317 e. The molecule has 1 aromatic heterocycles. The zero-order valence-electron chi connectivity index (χ0n) is 11.3. The molecule has 1 amide bonds. The summed E-state index contributed by atoms with van der Waals surface area (Å²) in [5.74, 6) is 0.0189. The fourth-order valence-corrected chi connectivity index (χ4v) is 2.88. The third-order valence-corrected chi connectivity index (χ3v) is 4.07. The highest BCUT2D eigenvalue weighted by atomic mass is 35.5. The Morgan fingerprint density at radius 3 is 2.84 bits per heavy atom. The lowest BCUT2D eigenvalue weighted by Crippen LogP contribution is -2.44. The maximum absolute atomic E-state index is 11.9. The Labute approximate surface area is 124 Å². The summed E-state index contributed by atoms with van der Waals surface area (Å²) in [7, 11) is 2.02. The Balaban J connectivity index is 0.00000180. The van der Waals surface area contributed by atoms with E-state index >= 15 is 0 Å². The Morgan fingerprint density at radius 1 is 1.58 bits per heavy atom. The molecule has 1 aliphatic rings. The van der Waals surface area contributed by atoms with E-state index in [1.54, 1.807) is 0 Å². The van der Waals surface area contributed by atoms with Crippen molar-refractivity contribution in [3.05, 3.63) is 11.1 Å². The van der Waals surface area contributed by atoms with E-state index in [0.29, 0.717) is 17.7 Å². The third-order valence-electron chi connectivity index (χ3n) is 3.19. The van der Waals surface area contributed by atoms with Gasteiger partial charge in [-0.1, -0.05) is 0 Å². The van der Waals surface area contributed by atoms with Gasteiger partial charge in [-0.2, -0.15) is 0 Å². The van der Waals surface area contributed by atoms with Crippen molar-refractivity contribution >= 4 is 34.8 Å². The van der Waals surface area contributed by atoms with Crippen LogP contribution in [-0.2, 0) is 4.79 Å². The first-order valence-electron chi connectivity index (χ1n) is 6.28. The molecule has 0 spiro atoms. The van der Waals surface area contributed by atoms with Gasteiger partial charge in [0, 0.05) is 11.4 Å². The van der Waals surface area contributed by atoms with Crippen LogP contribution in [0.3, 0.4) is 0 Å². The molecule has 2 rings (SSSR count). The van der Waals surface area contributed by atoms with Crippen molar-refractivity contribution in [3.8, 4) is 0 Å². The van der Waals surface area contributed by atoms with Gasteiger partial charge in [0.2, 0.25) is 5.91 Å². The number of carbonyl (C=O) groups is 1. The van der Waals surface area contributed by atoms with Crippen LogP contribution in [0.4, 0.5) is 5.13 Å². The second-order valence-electron chi connectivity index (χ2n) is 4.74. The Hall–Kier alpha value is -0.690. The molecule has 1 aromatic rings. The van der Waals surface area contributed by atoms with E-state index in [9.17, 15) is 4.79 Å². The lowest BCUT2D eigenvalue weighted by atomic mass is 10.1. The number of rotatable bonds is 4. The predicted octanol–water partition coefficient (Wildman–Crippen LogP) is 1.50. The minimum absolute atomic E-state index is 0. The van der Waals surface area contributed by atoms with Crippen LogP contribution >= 0.6 is 23.7 Å². The van der Waals surface area contributed by atoms with Crippen molar-refractivity contribution < 1.29 is 4.79 Å². The molecular weight excluding hydrogens is 284 g/mol. The molecule has 0 aromatic carbocycles. The first-order chi connectivity index (χ1) is 8.65. The molecule has 1 saturated heterocycles. The number of halogens is 1. The summed E-state index contributed by atoms with van der Waals surface area (Å²) in [6.45, 7) is 4.45. The van der Waals surface area contributed by atoms with Gasteiger partial charge >= 0.3 is 0 Å². The van der Waals surface area contributed by atoms with E-state index in [2.05, 4.69) is 20.5 Å². The second-order valence-corrected chi connectivity index (χ2v) is 5.60. The number of aryl methyl sites for hydroxylation is 1. The topological polar surface area (TPSA) is 57.3 Å². The van der Waals surface area contributed by atoms with Crippen LogP contribution in [0.2, 0.25) is 0 Å². The van der Waals surface area contributed by atoms with E-state index in [1.807, 2.05) is 19.4 Å². The van der Waals surface area contributed by atoms with Crippen molar-refractivity contribution in [2.45, 2.75) is 25.8 Å². The molecule has 2 N–H and O–H groups in total. The quantitative estimate of drug-likeness (QED) is 0.885. The second kappa shape index (κ2) is 7.79. The lowest BCUT2D eigenvalue weighted by molar-refractivity contribution is -0.117. The summed E-state index contributed by atoms with van der Waals surface area (Å²) in [6, 6.07) is 0.509. The molecule has 108 valence electrons. The first-order valence-corrected chi connectivity index (χ1v) is 7.16. The zero-order valence-corrected chi connectivity index (χ0v) is 12.9. The highest BCUT2D eigenvalue weighted by Gasteiger charge is 2.19. The normalized spacial score (nSPS) is 16.2. The number of likely N-dealkylation sites (N-methyl/N-ethyl adjacent to an activating group) is 1. The molecule has 0 radical (unpaired) electrons. The number of nitrogens with zero attached hydrogens (tertiary/aromatic N) is 2. The van der Waals surface area contributed by atoms with Crippen LogP contribution in [0.5, 0.6) is 0 Å². The largest absolute Gasteiger partial charge is 0.317 e. The number of carbonyl (C=O) groups excluding carboxylic acids is 1. The summed E-state index contributed by atoms with van der Waals surface area (Å²) in [6.07, 6.45) is 2.22. The van der Waals surface area contributed by atoms with Gasteiger partial charge in [-0.05, 0) is 39.9 Å². The van der Waals surface area contributed by atoms with Crippen molar-refractivity contribution in [2.75, 3.05) is 32.0 Å². The van der Waals surface area contributed by atoms with E-state index < -0.39 is 0 Å². The first kappa shape index (κ1) is 16.4. The molecule has 2 heterocycles. The maximum Gasteiger partial charge on any atom is 0.240 e. The maximum atomic E-state index is 11.9. The highest BCUT2D eigenvalue weighted by molar-refractivity contribution is 7.13. The molecule has 1 aliphatic heterocycles. The van der Waals surface area contributed by atoms with Gasteiger partial charge in [0.25, 0.3) is 0 Å². The van der Waals surface area contributed by atoms with Crippen molar-refractivity contribution in [1.29, 1.82) is 0 Å². The van der Waals surface area contributed by atoms with E-state index in [1.165, 1.54) is 11.3 Å². The van der Waals surface area contributed by atoms with Crippen molar-refractivity contribution in [3.63, 3.8) is 0 Å². The van der Waals surface area contributed by atoms with E-state index in [-0.39, 0.29) is 18.3 Å². The number of amides is 1. The number of hydrogen-bond donors (Lipinski definition) is 2. The molecule has 1 fully saturated rings. The van der Waals surface area contributed by atoms with Gasteiger partial charge in [0.1, 0.15) is 0 Å². The molecule has 0 bridgehead atoms. The summed E-state index contributed by atoms with van der Waals surface area (Å²) in [5.41, 5.74) is 0.946. The van der Waals surface area contributed by atoms with Crippen LogP contribution in [0.25, 0.3) is 0 Å². The zero-order chi connectivity index (χ0) is 13.0. The highest BCUT2D eigenvalue weighted by Crippen LogP contribution is 2.15. The van der Waals surface area contributed by atoms with Crippen LogP contribution in [0.1, 0.15) is 18.5 Å². The lowest BCUT2D eigenvalue weighted by Gasteiger charge is -2.30. The average molecular weight is 305 g/mol. The third kappa shape index (κ3) is 5.06. The fourth-order valence-electron chi connectivity index (χ4n) is 2.17. The molecule has 7 heteroatoms. The summed E-state index contributed by atoms with van der Waals surface area (Å²) < 4.78 is 0. The Morgan fingerprint density at radius 2 is 2.26 bits per heavy atom. The van der Waals surface area contributed by atoms with Crippen LogP contribution in [0, 0.1) is 6.92 Å². The number of hydrogen-bond acceptors (Lipinski definition) is 5. The predicted molar refractivity (Wildman–Crippen MR) is 81.3 cm³/mol. The standard InChI is InChI=1S/C12H20N4OS.ClH/c1-9-8-18-12(14-9)15-11(17)7-16(2)10-3-5-13-6-4-10;/h8,10,13H,3-7H2,1-2H3,(H,14,15,17);1H. The summed E-state index contributed by atoms with van der Waals surface area (Å²) >= 11 is 1.47. The molecular formula is C12H21ClN4OS. The molecule has 0 unspecified atom stereocenters. The minimum atomic E-state index is 0.